The fourth-order valence-corrected chi connectivity index (χ4v) is 13.2. The van der Waals surface area contributed by atoms with Gasteiger partial charge in [-0.15, -0.1) is 0 Å². The molecule has 7 aromatic rings. The van der Waals surface area contributed by atoms with E-state index in [1.165, 1.54) is 86.3 Å². The summed E-state index contributed by atoms with van der Waals surface area (Å²) in [5, 5.41) is 103. The van der Waals surface area contributed by atoms with Gasteiger partial charge in [0.2, 0.25) is 53.0 Å². The molecule has 0 radical (unpaired) electrons. The Labute approximate surface area is 605 Å². The van der Waals surface area contributed by atoms with Gasteiger partial charge in [-0.2, -0.15) is 0 Å². The average molecular weight is 1470 g/mol. The Morgan fingerprint density at radius 3 is 1.79 bits per heavy atom. The first-order chi connectivity index (χ1) is 49.8. The predicted molar refractivity (Wildman–Crippen MR) is 378 cm³/mol. The number of fused-ring (bicyclic) bond motifs is 14. The van der Waals surface area contributed by atoms with E-state index in [1.807, 2.05) is 0 Å². The number of aliphatic hydroxyl groups excluding tert-OH is 1. The fourth-order valence-electron chi connectivity index (χ4n) is 12.8. The van der Waals surface area contributed by atoms with Gasteiger partial charge in [-0.1, -0.05) is 99.3 Å². The van der Waals surface area contributed by atoms with E-state index in [4.69, 9.17) is 48.9 Å². The first-order valence-electron chi connectivity index (χ1n) is 33.9. The van der Waals surface area contributed by atoms with Crippen molar-refractivity contribution >= 4 is 70.5 Å². The molecular formula is C74H78Cl2N10O18. The smallest absolute Gasteiger partial charge is 0.248 e. The number of nitrogens with one attached hydrogen (secondary N) is 8. The normalized spacial score (nSPS) is 20.4. The van der Waals surface area contributed by atoms with E-state index in [-0.39, 0.29) is 109 Å². The van der Waals surface area contributed by atoms with Crippen LogP contribution < -0.4 is 68.2 Å². The van der Waals surface area contributed by atoms with Crippen LogP contribution in [0.25, 0.3) is 11.1 Å². The number of hydrogen-bond donors (Lipinski definition) is 17. The summed E-state index contributed by atoms with van der Waals surface area (Å²) >= 11 is 13.9. The molecule has 0 spiro atoms. The van der Waals surface area contributed by atoms with Crippen LogP contribution in [0.1, 0.15) is 153 Å². The van der Waals surface area contributed by atoms with Gasteiger partial charge in [-0.3, -0.25) is 38.4 Å². The van der Waals surface area contributed by atoms with Crippen LogP contribution in [-0.2, 0) is 44.8 Å². The predicted octanol–water partition coefficient (Wildman–Crippen LogP) is 7.77. The maximum absolute atomic E-state index is 16.0. The molecule has 28 nitrogen and oxygen atoms in total. The monoisotopic (exact) mass is 1460 g/mol. The van der Waals surface area contributed by atoms with Crippen molar-refractivity contribution in [2.45, 2.75) is 138 Å². The van der Waals surface area contributed by atoms with Gasteiger partial charge in [0.05, 0.1) is 16.1 Å². The van der Waals surface area contributed by atoms with Crippen LogP contribution in [-0.4, -0.2) is 114 Å². The zero-order chi connectivity index (χ0) is 74.2. The molecular weight excluding hydrogens is 1390 g/mol. The lowest BCUT2D eigenvalue weighted by atomic mass is 9.89. The Hall–Kier alpha value is -11.0. The SMILES string of the molecule is CCCCCCCCCCNC(=O)C(N)CCCCNC(=O)[C@H]1NC(=O)[C@H]2NC(=O)[C@H](NC(=O)[C@@H]3NC(=O)[C@H]4NC(=O)[C@@H](Cc5ccc(c(Cl)c5)Oc5cc3cc(c5O)Oc3ccc(cc3Cl)[C@H]2O)NC(=O)[C@@H](N)c2ccc(O)c(c2)Oc2cc(O)cc4c2)c2ccc(O)c(c2)-c2c(O)cc(O)cc21. The third-order valence-corrected chi connectivity index (χ3v) is 19.0. The molecule has 7 aromatic carbocycles. The second-order valence-electron chi connectivity index (χ2n) is 25.9. The minimum absolute atomic E-state index is 0.0761. The number of amides is 8. The molecule has 0 saturated heterocycles. The van der Waals surface area contributed by atoms with Crippen molar-refractivity contribution in [2.75, 3.05) is 13.1 Å². The summed E-state index contributed by atoms with van der Waals surface area (Å²) < 4.78 is 18.6. The van der Waals surface area contributed by atoms with Crippen LogP contribution >= 0.6 is 23.2 Å². The van der Waals surface area contributed by atoms with E-state index < -0.39 is 142 Å². The largest absolute Gasteiger partial charge is 0.508 e. The molecule has 17 bridgehead atoms. The van der Waals surface area contributed by atoms with Crippen molar-refractivity contribution in [1.82, 2.24) is 42.5 Å². The molecule has 6 aliphatic rings. The molecule has 0 fully saturated rings. The highest BCUT2D eigenvalue weighted by Gasteiger charge is 2.42. The van der Waals surface area contributed by atoms with E-state index >= 15 is 24.0 Å². The molecule has 13 rings (SSSR count). The number of unbranched alkanes of at least 4 members (excludes halogenated alkanes) is 8. The highest BCUT2D eigenvalue weighted by molar-refractivity contribution is 6.32. The fraction of sp³-hybridized carbons (Fsp3) is 0.324. The summed E-state index contributed by atoms with van der Waals surface area (Å²) in [5.41, 5.74) is 11.1. The topological polar surface area (TPSA) is 454 Å². The van der Waals surface area contributed by atoms with E-state index in [2.05, 4.69) is 49.5 Å². The minimum Gasteiger partial charge on any atom is -0.508 e. The lowest BCUT2D eigenvalue weighted by molar-refractivity contribution is -0.137. The molecule has 1 unspecified atom stereocenters. The molecule has 9 atom stereocenters. The number of carbonyl (C=O) groups is 8. The third kappa shape index (κ3) is 17.0. The van der Waals surface area contributed by atoms with Crippen molar-refractivity contribution in [3.05, 3.63) is 164 Å². The lowest BCUT2D eigenvalue weighted by Gasteiger charge is -2.31. The standard InChI is InChI=1S/C74H78Cl2N10O18/c1-2-3-4-5-6-7-8-10-21-79-67(94)48(77)12-9-11-22-80-70(97)63-45-33-42(88)34-52(91)58(45)44-27-37(15-17-50(44)89)60-71(98)86-64(74(101)85-63)65(92)38-16-20-54(47(76)28-38)104-57-31-40-30-56(66(57)93)103-53-19-13-35(23-46(53)75)24-49-68(95)82-61(72(99)84-62(40)73(100)83-60)39-25-41(87)32-43(26-39)102-55-29-36(14-18-51(55)90)59(78)69(96)81-49/h13-20,23,25-34,48-49,59-65,87-93H,2-12,21-22,24,77-78H2,1H3,(H,79,94)(H,80,97)(H,81,96)(H,82,95)(H,83,100)(H,84,99)(H,85,101)(H,86,98)/t48?,49-,59+,60-,61+,62-,63+,64+,65-/m1/s1. The Bertz CT molecular complexity index is 4500. The number of hydrogen-bond acceptors (Lipinski definition) is 20. The zero-order valence-corrected chi connectivity index (χ0v) is 57.6. The molecule has 8 amide bonds. The Balaban J connectivity index is 0.995. The number of benzene rings is 7. The van der Waals surface area contributed by atoms with Gasteiger partial charge in [0.15, 0.2) is 23.0 Å². The van der Waals surface area contributed by atoms with Crippen molar-refractivity contribution in [1.29, 1.82) is 0 Å². The second-order valence-corrected chi connectivity index (χ2v) is 26.7. The van der Waals surface area contributed by atoms with E-state index in [1.54, 1.807) is 0 Å². The number of aromatic hydroxyl groups is 6. The van der Waals surface area contributed by atoms with E-state index in [0.717, 1.165) is 80.3 Å². The number of phenols is 6. The first-order valence-corrected chi connectivity index (χ1v) is 34.7. The van der Waals surface area contributed by atoms with Gasteiger partial charge in [0.25, 0.3) is 0 Å². The van der Waals surface area contributed by atoms with Crippen LogP contribution in [0.4, 0.5) is 0 Å². The first kappa shape index (κ1) is 74.2. The highest BCUT2D eigenvalue weighted by atomic mass is 35.5. The number of carbonyl (C=O) groups excluding carboxylic acids is 8. The Morgan fingerprint density at radius 1 is 0.519 bits per heavy atom. The van der Waals surface area contributed by atoms with Crippen molar-refractivity contribution in [2.24, 2.45) is 11.5 Å². The molecule has 104 heavy (non-hydrogen) atoms. The van der Waals surface area contributed by atoms with Crippen LogP contribution in [0.3, 0.4) is 0 Å². The maximum atomic E-state index is 16.0. The van der Waals surface area contributed by atoms with Gasteiger partial charge in [0.1, 0.15) is 88.6 Å². The van der Waals surface area contributed by atoms with Crippen molar-refractivity contribution in [3.63, 3.8) is 0 Å². The van der Waals surface area contributed by atoms with Crippen molar-refractivity contribution in [3.8, 4) is 80.1 Å². The molecule has 546 valence electrons. The van der Waals surface area contributed by atoms with Crippen LogP contribution in [0.5, 0.6) is 69.0 Å². The van der Waals surface area contributed by atoms with Crippen LogP contribution in [0, 0.1) is 0 Å². The third-order valence-electron chi connectivity index (χ3n) is 18.4. The number of nitrogens with two attached hydrogens (primary N) is 2. The zero-order valence-electron chi connectivity index (χ0n) is 56.1. The number of halogens is 2. The number of rotatable bonds is 16. The summed E-state index contributed by atoms with van der Waals surface area (Å²) in [4.78, 5) is 119. The highest BCUT2D eigenvalue weighted by Crippen LogP contribution is 2.48. The summed E-state index contributed by atoms with van der Waals surface area (Å²) in [7, 11) is 0. The molecule has 6 aliphatic heterocycles. The van der Waals surface area contributed by atoms with E-state index in [9.17, 15) is 50.1 Å². The quantitative estimate of drug-likeness (QED) is 0.0411. The minimum atomic E-state index is -2.18. The Kier molecular flexibility index (Phi) is 23.2. The van der Waals surface area contributed by atoms with Gasteiger partial charge in [-0.25, -0.2) is 0 Å². The van der Waals surface area contributed by atoms with Gasteiger partial charge in [-0.05, 0) is 143 Å². The number of ether oxygens (including phenoxy) is 3. The van der Waals surface area contributed by atoms with Gasteiger partial charge >= 0.3 is 0 Å². The lowest BCUT2D eigenvalue weighted by Crippen LogP contribution is -2.56. The molecule has 6 heterocycles. The summed E-state index contributed by atoms with van der Waals surface area (Å²) in [6, 6.07) is 8.16. The molecule has 30 heteroatoms. The van der Waals surface area contributed by atoms with Crippen LogP contribution in [0.15, 0.2) is 115 Å². The number of aliphatic hydroxyl groups is 1. The van der Waals surface area contributed by atoms with Gasteiger partial charge in [0, 0.05) is 42.8 Å². The molecule has 19 N–H and O–H groups in total. The summed E-state index contributed by atoms with van der Waals surface area (Å²) in [5.74, 6) is -14.1. The number of phenolic OH excluding ortho intramolecular Hbond substituents is 6. The van der Waals surface area contributed by atoms with Gasteiger partial charge < -0.3 is 104 Å². The maximum Gasteiger partial charge on any atom is 0.248 e. The Morgan fingerprint density at radius 2 is 1.10 bits per heavy atom. The second kappa shape index (κ2) is 32.5. The van der Waals surface area contributed by atoms with Crippen molar-refractivity contribution < 1.29 is 88.3 Å². The molecule has 0 aliphatic carbocycles. The summed E-state index contributed by atoms with van der Waals surface area (Å²) in [6.45, 7) is 2.57. The summed E-state index contributed by atoms with van der Waals surface area (Å²) in [6.07, 6.45) is 7.14. The molecule has 0 aromatic heterocycles. The average Bonchev–Trinajstić information content (AvgIpc) is 0.782. The van der Waals surface area contributed by atoms with E-state index in [0.29, 0.717) is 18.5 Å². The van der Waals surface area contributed by atoms with Crippen LogP contribution in [0.2, 0.25) is 10.0 Å². The molecule has 0 saturated carbocycles.